The van der Waals surface area contributed by atoms with Gasteiger partial charge in [0.1, 0.15) is 0 Å². The fraction of sp³-hybridized carbons (Fsp3) is 1.00. The number of nitrogens with one attached hydrogen (secondary N) is 1. The van der Waals surface area contributed by atoms with Gasteiger partial charge in [-0.3, -0.25) is 0 Å². The summed E-state index contributed by atoms with van der Waals surface area (Å²) in [6.45, 7) is 11.8. The van der Waals surface area contributed by atoms with Gasteiger partial charge in [0.15, 0.2) is 0 Å². The molecule has 1 unspecified atom stereocenters. The Morgan fingerprint density at radius 1 is 1.16 bits per heavy atom. The highest BCUT2D eigenvalue weighted by Crippen LogP contribution is 2.27. The molecule has 0 aromatic rings. The average Bonchev–Trinajstić information content (AvgIpc) is 2.85. The summed E-state index contributed by atoms with van der Waals surface area (Å²) in [5.74, 6) is 0.815. The molecule has 3 heteroatoms. The summed E-state index contributed by atoms with van der Waals surface area (Å²) in [5.41, 5.74) is -0.0608. The SMILES string of the molecule is CCCNC(COCCOC(C)(C)C)C1CCCC1. The van der Waals surface area contributed by atoms with E-state index in [4.69, 9.17) is 9.47 Å². The molecule has 114 valence electrons. The molecule has 1 aliphatic rings. The first kappa shape index (κ1) is 16.9. The normalized spacial score (nSPS) is 18.9. The molecule has 0 spiro atoms. The largest absolute Gasteiger partial charge is 0.377 e. The third-order valence-corrected chi connectivity index (χ3v) is 3.69. The Morgan fingerprint density at radius 3 is 2.42 bits per heavy atom. The van der Waals surface area contributed by atoms with E-state index in [2.05, 4.69) is 33.0 Å². The number of hydrogen-bond acceptors (Lipinski definition) is 3. The van der Waals surface area contributed by atoms with Crippen LogP contribution in [0, 0.1) is 5.92 Å². The van der Waals surface area contributed by atoms with Gasteiger partial charge >= 0.3 is 0 Å². The van der Waals surface area contributed by atoms with Gasteiger partial charge in [0.2, 0.25) is 0 Å². The Morgan fingerprint density at radius 2 is 1.84 bits per heavy atom. The zero-order valence-electron chi connectivity index (χ0n) is 13.3. The van der Waals surface area contributed by atoms with E-state index >= 15 is 0 Å². The fourth-order valence-corrected chi connectivity index (χ4v) is 2.67. The number of rotatable bonds is 9. The Balaban J connectivity index is 2.17. The maximum atomic E-state index is 5.81. The van der Waals surface area contributed by atoms with E-state index in [0.29, 0.717) is 19.3 Å². The minimum Gasteiger partial charge on any atom is -0.377 e. The van der Waals surface area contributed by atoms with Crippen molar-refractivity contribution in [3.05, 3.63) is 0 Å². The molecule has 0 radical (unpaired) electrons. The first-order chi connectivity index (χ1) is 9.03. The van der Waals surface area contributed by atoms with Crippen molar-refractivity contribution < 1.29 is 9.47 Å². The highest BCUT2D eigenvalue weighted by molar-refractivity contribution is 4.80. The van der Waals surface area contributed by atoms with Crippen molar-refractivity contribution in [2.75, 3.05) is 26.4 Å². The van der Waals surface area contributed by atoms with Gasteiger partial charge in [-0.1, -0.05) is 19.8 Å². The van der Waals surface area contributed by atoms with Gasteiger partial charge < -0.3 is 14.8 Å². The van der Waals surface area contributed by atoms with Crippen molar-refractivity contribution in [1.82, 2.24) is 5.32 Å². The molecule has 0 aliphatic heterocycles. The van der Waals surface area contributed by atoms with E-state index in [1.807, 2.05) is 0 Å². The van der Waals surface area contributed by atoms with Gasteiger partial charge in [-0.25, -0.2) is 0 Å². The molecule has 3 nitrogen and oxygen atoms in total. The van der Waals surface area contributed by atoms with Crippen LogP contribution in [-0.2, 0) is 9.47 Å². The van der Waals surface area contributed by atoms with Gasteiger partial charge in [-0.2, -0.15) is 0 Å². The first-order valence-electron chi connectivity index (χ1n) is 7.98. The second-order valence-electron chi connectivity index (χ2n) is 6.64. The minimum absolute atomic E-state index is 0.0608. The summed E-state index contributed by atoms with van der Waals surface area (Å²) >= 11 is 0. The van der Waals surface area contributed by atoms with E-state index in [9.17, 15) is 0 Å². The van der Waals surface area contributed by atoms with E-state index < -0.39 is 0 Å². The molecule has 0 heterocycles. The van der Waals surface area contributed by atoms with E-state index in [1.165, 1.54) is 32.1 Å². The molecule has 0 aromatic heterocycles. The monoisotopic (exact) mass is 271 g/mol. The average molecular weight is 271 g/mol. The van der Waals surface area contributed by atoms with Crippen LogP contribution in [0.1, 0.15) is 59.8 Å². The van der Waals surface area contributed by atoms with Crippen molar-refractivity contribution in [3.8, 4) is 0 Å². The molecule has 1 fully saturated rings. The predicted octanol–water partition coefficient (Wildman–Crippen LogP) is 3.38. The Labute approximate surface area is 119 Å². The van der Waals surface area contributed by atoms with Gasteiger partial charge in [0.05, 0.1) is 25.4 Å². The van der Waals surface area contributed by atoms with Crippen LogP contribution in [0.4, 0.5) is 0 Å². The summed E-state index contributed by atoms with van der Waals surface area (Å²) in [6.07, 6.45) is 6.70. The smallest absolute Gasteiger partial charge is 0.0707 e. The van der Waals surface area contributed by atoms with Crippen molar-refractivity contribution >= 4 is 0 Å². The second kappa shape index (κ2) is 8.93. The lowest BCUT2D eigenvalue weighted by atomic mass is 9.99. The quantitative estimate of drug-likeness (QED) is 0.652. The van der Waals surface area contributed by atoms with Crippen molar-refractivity contribution in [2.24, 2.45) is 5.92 Å². The van der Waals surface area contributed by atoms with Crippen LogP contribution in [0.2, 0.25) is 0 Å². The molecule has 0 aromatic carbocycles. The molecule has 0 amide bonds. The van der Waals surface area contributed by atoms with Crippen LogP contribution in [0.25, 0.3) is 0 Å². The maximum absolute atomic E-state index is 5.81. The molecular formula is C16H33NO2. The van der Waals surface area contributed by atoms with Crippen LogP contribution in [0.15, 0.2) is 0 Å². The van der Waals surface area contributed by atoms with E-state index in [0.717, 1.165) is 19.1 Å². The number of hydrogen-bond donors (Lipinski definition) is 1. The van der Waals surface area contributed by atoms with E-state index in [1.54, 1.807) is 0 Å². The molecule has 1 N–H and O–H groups in total. The highest BCUT2D eigenvalue weighted by atomic mass is 16.5. The molecule has 1 aliphatic carbocycles. The molecule has 1 atom stereocenters. The topological polar surface area (TPSA) is 30.5 Å². The highest BCUT2D eigenvalue weighted by Gasteiger charge is 2.24. The maximum Gasteiger partial charge on any atom is 0.0707 e. The summed E-state index contributed by atoms with van der Waals surface area (Å²) < 4.78 is 11.5. The van der Waals surface area contributed by atoms with Gasteiger partial charge in [-0.15, -0.1) is 0 Å². The summed E-state index contributed by atoms with van der Waals surface area (Å²) in [7, 11) is 0. The Kier molecular flexibility index (Phi) is 7.96. The van der Waals surface area contributed by atoms with Crippen LogP contribution in [0.3, 0.4) is 0 Å². The van der Waals surface area contributed by atoms with Crippen LogP contribution >= 0.6 is 0 Å². The Hall–Kier alpha value is -0.120. The van der Waals surface area contributed by atoms with Crippen molar-refractivity contribution in [1.29, 1.82) is 0 Å². The van der Waals surface area contributed by atoms with Gasteiger partial charge in [0.25, 0.3) is 0 Å². The third kappa shape index (κ3) is 7.91. The molecule has 19 heavy (non-hydrogen) atoms. The molecular weight excluding hydrogens is 238 g/mol. The van der Waals surface area contributed by atoms with Crippen LogP contribution < -0.4 is 5.32 Å². The summed E-state index contributed by atoms with van der Waals surface area (Å²) in [5, 5.41) is 3.65. The lowest BCUT2D eigenvalue weighted by molar-refractivity contribution is -0.0390. The lowest BCUT2D eigenvalue weighted by Crippen LogP contribution is -2.40. The Bertz CT molecular complexity index is 219. The third-order valence-electron chi connectivity index (χ3n) is 3.69. The van der Waals surface area contributed by atoms with Crippen LogP contribution in [0.5, 0.6) is 0 Å². The number of ether oxygens (including phenoxy) is 2. The zero-order chi connectivity index (χ0) is 14.1. The molecule has 1 rings (SSSR count). The predicted molar refractivity (Wildman–Crippen MR) is 80.6 cm³/mol. The fourth-order valence-electron chi connectivity index (χ4n) is 2.67. The van der Waals surface area contributed by atoms with E-state index in [-0.39, 0.29) is 5.60 Å². The first-order valence-corrected chi connectivity index (χ1v) is 7.98. The zero-order valence-corrected chi connectivity index (χ0v) is 13.3. The minimum atomic E-state index is -0.0608. The van der Waals surface area contributed by atoms with Crippen molar-refractivity contribution in [2.45, 2.75) is 71.4 Å². The second-order valence-corrected chi connectivity index (χ2v) is 6.64. The summed E-state index contributed by atoms with van der Waals surface area (Å²) in [4.78, 5) is 0. The molecule has 0 bridgehead atoms. The lowest BCUT2D eigenvalue weighted by Gasteiger charge is -2.25. The molecule has 1 saturated carbocycles. The van der Waals surface area contributed by atoms with Crippen molar-refractivity contribution in [3.63, 3.8) is 0 Å². The van der Waals surface area contributed by atoms with Crippen LogP contribution in [-0.4, -0.2) is 38.0 Å². The summed E-state index contributed by atoms with van der Waals surface area (Å²) in [6, 6.07) is 0.539. The van der Waals surface area contributed by atoms with Gasteiger partial charge in [-0.05, 0) is 52.5 Å². The van der Waals surface area contributed by atoms with Gasteiger partial charge in [0, 0.05) is 6.04 Å². The standard InChI is InChI=1S/C16H33NO2/c1-5-10-17-15(14-8-6-7-9-14)13-18-11-12-19-16(2,3)4/h14-15,17H,5-13H2,1-4H3. The molecule has 0 saturated heterocycles.